The standard InChI is InChI=1S/C19H23NO5S2/c1-5-15-12(3)26-18(16(15)19(22)25-6-2)20-17(21)14-9-7-13(8-10-14)11-27(4,23)24/h7-10H,5-6,11H2,1-4H3,(H,20,21). The number of thiophene rings is 1. The number of amides is 1. The summed E-state index contributed by atoms with van der Waals surface area (Å²) in [6.07, 6.45) is 1.82. The summed E-state index contributed by atoms with van der Waals surface area (Å²) in [6, 6.07) is 6.36. The summed E-state index contributed by atoms with van der Waals surface area (Å²) in [6.45, 7) is 5.84. The Hall–Kier alpha value is -2.19. The lowest BCUT2D eigenvalue weighted by molar-refractivity contribution is 0.0527. The maximum absolute atomic E-state index is 12.6. The number of esters is 1. The van der Waals surface area contributed by atoms with Crippen molar-refractivity contribution in [2.24, 2.45) is 0 Å². The van der Waals surface area contributed by atoms with Gasteiger partial charge in [0.1, 0.15) is 5.00 Å². The number of nitrogens with one attached hydrogen (secondary N) is 1. The van der Waals surface area contributed by atoms with Crippen molar-refractivity contribution in [3.8, 4) is 0 Å². The molecule has 146 valence electrons. The van der Waals surface area contributed by atoms with Crippen LogP contribution >= 0.6 is 11.3 Å². The Morgan fingerprint density at radius 2 is 1.78 bits per heavy atom. The zero-order chi connectivity index (χ0) is 20.2. The van der Waals surface area contributed by atoms with Gasteiger partial charge < -0.3 is 10.1 Å². The van der Waals surface area contributed by atoms with Crippen LogP contribution in [0, 0.1) is 6.92 Å². The number of aryl methyl sites for hydroxylation is 1. The molecule has 2 aromatic rings. The second kappa shape index (κ2) is 8.67. The minimum Gasteiger partial charge on any atom is -0.462 e. The molecular weight excluding hydrogens is 386 g/mol. The summed E-state index contributed by atoms with van der Waals surface area (Å²) in [5.74, 6) is -0.890. The second-order valence-corrected chi connectivity index (χ2v) is 9.50. The summed E-state index contributed by atoms with van der Waals surface area (Å²) in [4.78, 5) is 25.9. The van der Waals surface area contributed by atoms with Crippen LogP contribution in [0.5, 0.6) is 0 Å². The van der Waals surface area contributed by atoms with Gasteiger partial charge in [0.2, 0.25) is 0 Å². The lowest BCUT2D eigenvalue weighted by atomic mass is 10.1. The molecule has 0 aliphatic rings. The van der Waals surface area contributed by atoms with Crippen LogP contribution in [0.4, 0.5) is 5.00 Å². The van der Waals surface area contributed by atoms with Crippen molar-refractivity contribution in [3.63, 3.8) is 0 Å². The maximum Gasteiger partial charge on any atom is 0.341 e. The van der Waals surface area contributed by atoms with E-state index in [1.807, 2.05) is 13.8 Å². The van der Waals surface area contributed by atoms with Crippen molar-refractivity contribution < 1.29 is 22.7 Å². The fourth-order valence-corrected chi connectivity index (χ4v) is 4.67. The highest BCUT2D eigenvalue weighted by Gasteiger charge is 2.23. The van der Waals surface area contributed by atoms with E-state index in [4.69, 9.17) is 4.74 Å². The zero-order valence-corrected chi connectivity index (χ0v) is 17.4. The molecule has 0 unspecified atom stereocenters. The number of rotatable bonds is 7. The van der Waals surface area contributed by atoms with E-state index in [2.05, 4.69) is 5.32 Å². The molecule has 1 aromatic carbocycles. The number of sulfone groups is 1. The normalized spacial score (nSPS) is 11.3. The first-order chi connectivity index (χ1) is 12.7. The van der Waals surface area contributed by atoms with Crippen molar-refractivity contribution in [2.45, 2.75) is 32.9 Å². The molecule has 1 heterocycles. The van der Waals surface area contributed by atoms with Crippen molar-refractivity contribution in [3.05, 3.63) is 51.4 Å². The van der Waals surface area contributed by atoms with Gasteiger partial charge in [-0.25, -0.2) is 13.2 Å². The molecule has 0 atom stereocenters. The monoisotopic (exact) mass is 409 g/mol. The molecule has 0 aliphatic heterocycles. The van der Waals surface area contributed by atoms with Gasteiger partial charge in [-0.1, -0.05) is 19.1 Å². The molecule has 0 radical (unpaired) electrons. The second-order valence-electron chi connectivity index (χ2n) is 6.14. The smallest absolute Gasteiger partial charge is 0.341 e. The van der Waals surface area contributed by atoms with Gasteiger partial charge >= 0.3 is 5.97 Å². The third-order valence-electron chi connectivity index (χ3n) is 3.91. The molecule has 27 heavy (non-hydrogen) atoms. The van der Waals surface area contributed by atoms with Crippen LogP contribution in [-0.4, -0.2) is 33.2 Å². The average molecular weight is 410 g/mol. The molecule has 0 spiro atoms. The van der Waals surface area contributed by atoms with E-state index in [-0.39, 0.29) is 18.3 Å². The van der Waals surface area contributed by atoms with Gasteiger partial charge in [-0.05, 0) is 43.5 Å². The van der Waals surface area contributed by atoms with Gasteiger partial charge in [0.25, 0.3) is 5.91 Å². The van der Waals surface area contributed by atoms with Gasteiger partial charge in [0, 0.05) is 16.7 Å². The zero-order valence-electron chi connectivity index (χ0n) is 15.8. The largest absolute Gasteiger partial charge is 0.462 e. The highest BCUT2D eigenvalue weighted by atomic mass is 32.2. The van der Waals surface area contributed by atoms with Crippen molar-refractivity contribution in [1.82, 2.24) is 0 Å². The first kappa shape index (κ1) is 21.1. The van der Waals surface area contributed by atoms with Crippen molar-refractivity contribution in [2.75, 3.05) is 18.2 Å². The molecular formula is C19H23NO5S2. The summed E-state index contributed by atoms with van der Waals surface area (Å²) >= 11 is 1.34. The van der Waals surface area contributed by atoms with Crippen LogP contribution in [0.1, 0.15) is 50.6 Å². The average Bonchev–Trinajstić information content (AvgIpc) is 2.89. The van der Waals surface area contributed by atoms with Crippen LogP contribution in [0.15, 0.2) is 24.3 Å². The van der Waals surface area contributed by atoms with Crippen LogP contribution < -0.4 is 5.32 Å². The summed E-state index contributed by atoms with van der Waals surface area (Å²) < 4.78 is 27.8. The van der Waals surface area contributed by atoms with E-state index >= 15 is 0 Å². The van der Waals surface area contributed by atoms with Gasteiger partial charge in [-0.2, -0.15) is 0 Å². The Bertz CT molecular complexity index is 943. The Balaban J connectivity index is 2.26. The molecule has 0 aliphatic carbocycles. The molecule has 2 rings (SSSR count). The molecule has 6 nitrogen and oxygen atoms in total. The Labute approximate surface area is 163 Å². The number of carbonyl (C=O) groups excluding carboxylic acids is 2. The predicted molar refractivity (Wildman–Crippen MR) is 107 cm³/mol. The first-order valence-corrected chi connectivity index (χ1v) is 11.4. The number of benzene rings is 1. The molecule has 8 heteroatoms. The van der Waals surface area contributed by atoms with E-state index in [1.54, 1.807) is 31.2 Å². The summed E-state index contributed by atoms with van der Waals surface area (Å²) in [5, 5.41) is 3.26. The predicted octanol–water partition coefficient (Wildman–Crippen LogP) is 3.59. The van der Waals surface area contributed by atoms with Crippen molar-refractivity contribution in [1.29, 1.82) is 0 Å². The minimum absolute atomic E-state index is 0.0775. The van der Waals surface area contributed by atoms with E-state index in [0.29, 0.717) is 28.1 Å². The topological polar surface area (TPSA) is 89.5 Å². The molecule has 0 saturated carbocycles. The first-order valence-electron chi connectivity index (χ1n) is 8.53. The van der Waals surface area contributed by atoms with Gasteiger partial charge in [0.15, 0.2) is 9.84 Å². The van der Waals surface area contributed by atoms with Gasteiger partial charge in [0.05, 0.1) is 17.9 Å². The van der Waals surface area contributed by atoms with E-state index < -0.39 is 15.8 Å². The number of anilines is 1. The van der Waals surface area contributed by atoms with Crippen LogP contribution in [-0.2, 0) is 26.7 Å². The Morgan fingerprint density at radius 1 is 1.15 bits per heavy atom. The summed E-state index contributed by atoms with van der Waals surface area (Å²) in [5.41, 5.74) is 2.27. The third-order valence-corrected chi connectivity index (χ3v) is 5.83. The highest BCUT2D eigenvalue weighted by molar-refractivity contribution is 7.89. The van der Waals surface area contributed by atoms with Crippen LogP contribution in [0.25, 0.3) is 0 Å². The number of hydrogen-bond donors (Lipinski definition) is 1. The molecule has 0 bridgehead atoms. The molecule has 0 saturated heterocycles. The molecule has 1 aromatic heterocycles. The van der Waals surface area contributed by atoms with Crippen molar-refractivity contribution >= 4 is 38.1 Å². The quantitative estimate of drug-likeness (QED) is 0.706. The fraction of sp³-hybridized carbons (Fsp3) is 0.368. The van der Waals surface area contributed by atoms with Crippen LogP contribution in [0.3, 0.4) is 0 Å². The number of hydrogen-bond acceptors (Lipinski definition) is 6. The van der Waals surface area contributed by atoms with E-state index in [1.165, 1.54) is 11.3 Å². The molecule has 0 fully saturated rings. The van der Waals surface area contributed by atoms with E-state index in [9.17, 15) is 18.0 Å². The summed E-state index contributed by atoms with van der Waals surface area (Å²) in [7, 11) is -3.13. The minimum atomic E-state index is -3.13. The van der Waals surface area contributed by atoms with E-state index in [0.717, 1.165) is 16.7 Å². The van der Waals surface area contributed by atoms with Crippen LogP contribution in [0.2, 0.25) is 0 Å². The number of carbonyl (C=O) groups is 2. The number of ether oxygens (including phenoxy) is 1. The molecule has 1 amide bonds. The van der Waals surface area contributed by atoms with Gasteiger partial charge in [-0.15, -0.1) is 11.3 Å². The highest BCUT2D eigenvalue weighted by Crippen LogP contribution is 2.34. The third kappa shape index (κ3) is 5.40. The lowest BCUT2D eigenvalue weighted by Crippen LogP contribution is -2.15. The lowest BCUT2D eigenvalue weighted by Gasteiger charge is -2.08. The SMILES string of the molecule is CCOC(=O)c1c(NC(=O)c2ccc(CS(C)(=O)=O)cc2)sc(C)c1CC. The Kier molecular flexibility index (Phi) is 6.78. The maximum atomic E-state index is 12.6. The fourth-order valence-electron chi connectivity index (χ4n) is 2.74. The van der Waals surface area contributed by atoms with Gasteiger partial charge in [-0.3, -0.25) is 4.79 Å². The molecule has 1 N–H and O–H groups in total. The Morgan fingerprint density at radius 3 is 2.30 bits per heavy atom.